The first-order chi connectivity index (χ1) is 15.6. The summed E-state index contributed by atoms with van der Waals surface area (Å²) in [6.07, 6.45) is 5.36. The summed E-state index contributed by atoms with van der Waals surface area (Å²) in [5, 5.41) is 7.51. The van der Waals surface area contributed by atoms with Gasteiger partial charge in [0.2, 0.25) is 18.6 Å². The lowest BCUT2D eigenvalue weighted by atomic mass is 9.95. The number of carbonyl (C=O) groups is 3. The third-order valence-corrected chi connectivity index (χ3v) is 6.48. The Morgan fingerprint density at radius 1 is 1.06 bits per heavy atom. The van der Waals surface area contributed by atoms with Crippen molar-refractivity contribution >= 4 is 29.1 Å². The average molecular weight is 458 g/mol. The fraction of sp³-hybridized carbons (Fsp3) is 0.435. The molecule has 0 spiro atoms. The molecule has 2 heterocycles. The molecule has 2 aliphatic rings. The van der Waals surface area contributed by atoms with Crippen molar-refractivity contribution in [2.75, 3.05) is 19.9 Å². The number of nitrogens with zero attached hydrogens (tertiary/aromatic N) is 1. The zero-order valence-corrected chi connectivity index (χ0v) is 18.6. The summed E-state index contributed by atoms with van der Waals surface area (Å²) in [4.78, 5) is 39.9. The van der Waals surface area contributed by atoms with Crippen molar-refractivity contribution in [1.29, 1.82) is 0 Å². The van der Waals surface area contributed by atoms with Crippen molar-refractivity contribution in [3.05, 3.63) is 46.2 Å². The number of nitrogens with one attached hydrogen (secondary N) is 2. The van der Waals surface area contributed by atoms with Gasteiger partial charge in [-0.1, -0.05) is 31.4 Å². The summed E-state index contributed by atoms with van der Waals surface area (Å²) in [5.74, 6) is 0.461. The van der Waals surface area contributed by atoms with Gasteiger partial charge in [-0.05, 0) is 42.0 Å². The minimum absolute atomic E-state index is 0.0708. The minimum atomic E-state index is -0.327. The molecule has 32 heavy (non-hydrogen) atoms. The van der Waals surface area contributed by atoms with E-state index in [1.54, 1.807) is 23.6 Å². The molecule has 1 fully saturated rings. The maximum Gasteiger partial charge on any atom is 0.261 e. The number of benzene rings is 1. The maximum atomic E-state index is 13.0. The Morgan fingerprint density at radius 3 is 2.66 bits per heavy atom. The van der Waals surface area contributed by atoms with Crippen LogP contribution in [0.5, 0.6) is 11.5 Å². The molecular formula is C23H27N3O5S. The molecule has 8 nitrogen and oxygen atoms in total. The predicted molar refractivity (Wildman–Crippen MR) is 120 cm³/mol. The Balaban J connectivity index is 1.40. The van der Waals surface area contributed by atoms with E-state index in [-0.39, 0.29) is 50.2 Å². The van der Waals surface area contributed by atoms with Crippen molar-refractivity contribution in [2.24, 2.45) is 0 Å². The molecule has 0 bridgehead atoms. The van der Waals surface area contributed by atoms with E-state index in [0.29, 0.717) is 16.4 Å². The van der Waals surface area contributed by atoms with Crippen LogP contribution in [0.3, 0.4) is 0 Å². The summed E-state index contributed by atoms with van der Waals surface area (Å²) in [7, 11) is 0. The van der Waals surface area contributed by atoms with Crippen molar-refractivity contribution in [3.63, 3.8) is 0 Å². The van der Waals surface area contributed by atoms with E-state index in [2.05, 4.69) is 10.6 Å². The monoisotopic (exact) mass is 457 g/mol. The normalized spacial score (nSPS) is 15.2. The summed E-state index contributed by atoms with van der Waals surface area (Å²) in [6, 6.07) is 9.09. The van der Waals surface area contributed by atoms with E-state index < -0.39 is 0 Å². The summed E-state index contributed by atoms with van der Waals surface area (Å²) in [6.45, 7) is 0.138. The summed E-state index contributed by atoms with van der Waals surface area (Å²) in [5.41, 5.74) is 0.817. The lowest BCUT2D eigenvalue weighted by Crippen LogP contribution is -2.47. The lowest BCUT2D eigenvalue weighted by molar-refractivity contribution is -0.136. The molecule has 0 saturated heterocycles. The molecule has 3 amide bonds. The van der Waals surface area contributed by atoms with E-state index in [9.17, 15) is 14.4 Å². The third kappa shape index (κ3) is 5.79. The van der Waals surface area contributed by atoms with Gasteiger partial charge in [-0.2, -0.15) is 0 Å². The van der Waals surface area contributed by atoms with E-state index >= 15 is 0 Å². The van der Waals surface area contributed by atoms with Crippen molar-refractivity contribution < 1.29 is 23.9 Å². The first-order valence-electron chi connectivity index (χ1n) is 10.9. The molecule has 170 valence electrons. The molecular weight excluding hydrogens is 430 g/mol. The molecule has 2 N–H and O–H groups in total. The highest BCUT2D eigenvalue weighted by Crippen LogP contribution is 2.32. The van der Waals surface area contributed by atoms with E-state index in [1.165, 1.54) is 22.7 Å². The second-order valence-corrected chi connectivity index (χ2v) is 8.95. The Morgan fingerprint density at radius 2 is 1.88 bits per heavy atom. The zero-order chi connectivity index (χ0) is 22.3. The Bertz CT molecular complexity index is 957. The van der Waals surface area contributed by atoms with Crippen LogP contribution in [-0.4, -0.2) is 48.5 Å². The van der Waals surface area contributed by atoms with Gasteiger partial charge < -0.3 is 25.0 Å². The number of thiophene rings is 1. The van der Waals surface area contributed by atoms with Crippen LogP contribution in [0, 0.1) is 0 Å². The second-order valence-electron chi connectivity index (χ2n) is 8.00. The lowest BCUT2D eigenvalue weighted by Gasteiger charge is -2.26. The molecule has 0 unspecified atom stereocenters. The molecule has 1 aliphatic heterocycles. The van der Waals surface area contributed by atoms with Gasteiger partial charge in [-0.25, -0.2) is 0 Å². The van der Waals surface area contributed by atoms with Gasteiger partial charge in [0.15, 0.2) is 11.5 Å². The highest BCUT2D eigenvalue weighted by atomic mass is 32.1. The van der Waals surface area contributed by atoms with Gasteiger partial charge >= 0.3 is 0 Å². The molecule has 0 radical (unpaired) electrons. The van der Waals surface area contributed by atoms with Crippen LogP contribution in [0.2, 0.25) is 0 Å². The van der Waals surface area contributed by atoms with Crippen LogP contribution in [0.1, 0.15) is 47.3 Å². The van der Waals surface area contributed by atoms with Crippen LogP contribution in [-0.2, 0) is 16.1 Å². The number of carbonyl (C=O) groups excluding carboxylic acids is 3. The molecule has 4 rings (SSSR count). The largest absolute Gasteiger partial charge is 0.454 e. The van der Waals surface area contributed by atoms with Gasteiger partial charge in [0.1, 0.15) is 0 Å². The molecule has 1 aromatic carbocycles. The topological polar surface area (TPSA) is 97.0 Å². The molecule has 9 heteroatoms. The smallest absolute Gasteiger partial charge is 0.261 e. The third-order valence-electron chi connectivity index (χ3n) is 5.61. The van der Waals surface area contributed by atoms with Crippen molar-refractivity contribution in [1.82, 2.24) is 15.5 Å². The first kappa shape index (κ1) is 22.1. The van der Waals surface area contributed by atoms with Gasteiger partial charge in [0.05, 0.1) is 18.0 Å². The van der Waals surface area contributed by atoms with Crippen LogP contribution in [0.15, 0.2) is 35.7 Å². The number of fused-ring (bicyclic) bond motifs is 1. The van der Waals surface area contributed by atoms with Crippen LogP contribution < -0.4 is 20.1 Å². The first-order valence-corrected chi connectivity index (χ1v) is 11.7. The standard InChI is InChI=1S/C23H27N3O5S/c27-21(25-17-5-2-1-3-6-17)14-26(13-16-8-9-18-19(11-16)31-15-30-18)22(28)12-24-23(29)20-7-4-10-32-20/h4,7-11,17H,1-3,5-6,12-15H2,(H,24,29)(H,25,27). The number of hydrogen-bond donors (Lipinski definition) is 2. The van der Waals surface area contributed by atoms with Gasteiger partial charge in [0.25, 0.3) is 5.91 Å². The molecule has 0 atom stereocenters. The molecule has 2 aromatic rings. The van der Waals surface area contributed by atoms with Crippen molar-refractivity contribution in [2.45, 2.75) is 44.7 Å². The summed E-state index contributed by atoms with van der Waals surface area (Å²) >= 11 is 1.31. The number of hydrogen-bond acceptors (Lipinski definition) is 6. The van der Waals surface area contributed by atoms with Gasteiger partial charge in [-0.15, -0.1) is 11.3 Å². The quantitative estimate of drug-likeness (QED) is 0.635. The number of ether oxygens (including phenoxy) is 2. The van der Waals surface area contributed by atoms with E-state index in [1.807, 2.05) is 12.1 Å². The molecule has 1 aliphatic carbocycles. The van der Waals surface area contributed by atoms with Crippen LogP contribution in [0.4, 0.5) is 0 Å². The van der Waals surface area contributed by atoms with Crippen LogP contribution in [0.25, 0.3) is 0 Å². The Hall–Kier alpha value is -3.07. The number of rotatable bonds is 8. The Labute approximate surface area is 190 Å². The van der Waals surface area contributed by atoms with Gasteiger partial charge in [-0.3, -0.25) is 14.4 Å². The Kier molecular flexibility index (Phi) is 7.26. The fourth-order valence-electron chi connectivity index (χ4n) is 3.95. The maximum absolute atomic E-state index is 13.0. The molecule has 1 aromatic heterocycles. The fourth-order valence-corrected chi connectivity index (χ4v) is 4.59. The van der Waals surface area contributed by atoms with Gasteiger partial charge in [0, 0.05) is 12.6 Å². The SMILES string of the molecule is O=C(CN(Cc1ccc2c(c1)OCO2)C(=O)CNC(=O)c1cccs1)NC1CCCCC1. The highest BCUT2D eigenvalue weighted by Gasteiger charge is 2.23. The van der Waals surface area contributed by atoms with E-state index in [0.717, 1.165) is 31.2 Å². The highest BCUT2D eigenvalue weighted by molar-refractivity contribution is 7.12. The van der Waals surface area contributed by atoms with Crippen molar-refractivity contribution in [3.8, 4) is 11.5 Å². The second kappa shape index (κ2) is 10.5. The van der Waals surface area contributed by atoms with Crippen LogP contribution >= 0.6 is 11.3 Å². The molecule has 1 saturated carbocycles. The minimum Gasteiger partial charge on any atom is -0.454 e. The number of amides is 3. The zero-order valence-electron chi connectivity index (χ0n) is 17.8. The van der Waals surface area contributed by atoms with E-state index in [4.69, 9.17) is 9.47 Å². The average Bonchev–Trinajstić information content (AvgIpc) is 3.49. The summed E-state index contributed by atoms with van der Waals surface area (Å²) < 4.78 is 10.8. The predicted octanol–water partition coefficient (Wildman–Crippen LogP) is 2.68.